The minimum Gasteiger partial charge on any atom is -0.478 e. The summed E-state index contributed by atoms with van der Waals surface area (Å²) in [6.45, 7) is 3.51. The lowest BCUT2D eigenvalue weighted by Gasteiger charge is -2.16. The molecule has 0 fully saturated rings. The topological polar surface area (TPSA) is 62.2 Å². The summed E-state index contributed by atoms with van der Waals surface area (Å²) >= 11 is 0. The standard InChI is InChI=1S/C15H15FN2O2/c1-9-7-11(15(19)20)8-14(17-9)18-10(2)12-5-3-4-6-13(12)16/h3-8,10H,1-2H3,(H,17,18)(H,19,20). The molecule has 20 heavy (non-hydrogen) atoms. The second-order valence-corrected chi connectivity index (χ2v) is 4.58. The highest BCUT2D eigenvalue weighted by molar-refractivity contribution is 5.88. The minimum absolute atomic E-state index is 0.153. The van der Waals surface area contributed by atoms with Gasteiger partial charge < -0.3 is 10.4 Å². The molecule has 0 saturated carbocycles. The molecule has 0 amide bonds. The van der Waals surface area contributed by atoms with Gasteiger partial charge in [0.25, 0.3) is 0 Å². The lowest BCUT2D eigenvalue weighted by atomic mass is 10.1. The molecule has 5 heteroatoms. The van der Waals surface area contributed by atoms with Crippen LogP contribution in [0.15, 0.2) is 36.4 Å². The predicted octanol–water partition coefficient (Wildman–Crippen LogP) is 3.40. The van der Waals surface area contributed by atoms with Crippen molar-refractivity contribution in [2.24, 2.45) is 0 Å². The number of halogens is 1. The van der Waals surface area contributed by atoms with Crippen molar-refractivity contribution in [1.82, 2.24) is 4.98 Å². The Kier molecular flexibility index (Phi) is 3.98. The van der Waals surface area contributed by atoms with Gasteiger partial charge in [-0.05, 0) is 32.0 Å². The fraction of sp³-hybridized carbons (Fsp3) is 0.200. The monoisotopic (exact) mass is 274 g/mol. The number of carbonyl (C=O) groups is 1. The van der Waals surface area contributed by atoms with Crippen molar-refractivity contribution in [3.05, 3.63) is 59.0 Å². The van der Waals surface area contributed by atoms with E-state index in [9.17, 15) is 9.18 Å². The maximum Gasteiger partial charge on any atom is 0.335 e. The molecular formula is C15H15FN2O2. The molecule has 0 aliphatic heterocycles. The van der Waals surface area contributed by atoms with Gasteiger partial charge in [-0.3, -0.25) is 0 Å². The molecule has 0 aliphatic rings. The number of aromatic carboxylic acids is 1. The van der Waals surface area contributed by atoms with Gasteiger partial charge in [-0.25, -0.2) is 14.2 Å². The Balaban J connectivity index is 2.26. The lowest BCUT2D eigenvalue weighted by molar-refractivity contribution is 0.0696. The van der Waals surface area contributed by atoms with E-state index in [0.717, 1.165) is 0 Å². The van der Waals surface area contributed by atoms with E-state index in [4.69, 9.17) is 5.11 Å². The fourth-order valence-corrected chi connectivity index (χ4v) is 1.99. The summed E-state index contributed by atoms with van der Waals surface area (Å²) in [5, 5.41) is 12.0. The first-order valence-electron chi connectivity index (χ1n) is 6.20. The average Bonchev–Trinajstić information content (AvgIpc) is 2.38. The Labute approximate surface area is 116 Å². The molecule has 0 saturated heterocycles. The van der Waals surface area contributed by atoms with Gasteiger partial charge >= 0.3 is 5.97 Å². The third-order valence-electron chi connectivity index (χ3n) is 2.94. The van der Waals surface area contributed by atoms with E-state index in [-0.39, 0.29) is 17.4 Å². The normalized spacial score (nSPS) is 11.9. The van der Waals surface area contributed by atoms with Crippen LogP contribution in [-0.4, -0.2) is 16.1 Å². The SMILES string of the molecule is Cc1cc(C(=O)O)cc(NC(C)c2ccccc2F)n1. The molecule has 1 atom stereocenters. The second kappa shape index (κ2) is 5.69. The highest BCUT2D eigenvalue weighted by atomic mass is 19.1. The van der Waals surface area contributed by atoms with Gasteiger partial charge in [0.2, 0.25) is 0 Å². The molecule has 1 heterocycles. The summed E-state index contributed by atoms with van der Waals surface area (Å²) in [6.07, 6.45) is 0. The van der Waals surface area contributed by atoms with E-state index < -0.39 is 5.97 Å². The van der Waals surface area contributed by atoms with Crippen molar-refractivity contribution in [2.45, 2.75) is 19.9 Å². The number of rotatable bonds is 4. The molecule has 104 valence electrons. The van der Waals surface area contributed by atoms with Crippen LogP contribution in [0.1, 0.15) is 34.6 Å². The summed E-state index contributed by atoms with van der Waals surface area (Å²) in [5.41, 5.74) is 1.25. The van der Waals surface area contributed by atoms with Crippen LogP contribution >= 0.6 is 0 Å². The molecule has 4 nitrogen and oxygen atoms in total. The number of nitrogens with zero attached hydrogens (tertiary/aromatic N) is 1. The number of aromatic nitrogens is 1. The van der Waals surface area contributed by atoms with Gasteiger partial charge in [-0.2, -0.15) is 0 Å². The second-order valence-electron chi connectivity index (χ2n) is 4.58. The molecule has 2 aromatic rings. The summed E-state index contributed by atoms with van der Waals surface area (Å²) < 4.78 is 13.7. The highest BCUT2D eigenvalue weighted by Crippen LogP contribution is 2.21. The third-order valence-corrected chi connectivity index (χ3v) is 2.94. The number of carboxylic acid groups (broad SMARTS) is 1. The first-order valence-corrected chi connectivity index (χ1v) is 6.20. The zero-order chi connectivity index (χ0) is 14.7. The van der Waals surface area contributed by atoms with E-state index >= 15 is 0 Å². The van der Waals surface area contributed by atoms with E-state index in [1.807, 2.05) is 0 Å². The highest BCUT2D eigenvalue weighted by Gasteiger charge is 2.12. The van der Waals surface area contributed by atoms with Gasteiger partial charge in [0, 0.05) is 11.3 Å². The van der Waals surface area contributed by atoms with Crippen molar-refractivity contribution in [2.75, 3.05) is 5.32 Å². The number of benzene rings is 1. The summed E-state index contributed by atoms with van der Waals surface area (Å²) in [6, 6.07) is 9.06. The smallest absolute Gasteiger partial charge is 0.335 e. The number of carboxylic acids is 1. The predicted molar refractivity (Wildman–Crippen MR) is 74.4 cm³/mol. The molecule has 1 aromatic carbocycles. The molecule has 1 unspecified atom stereocenters. The average molecular weight is 274 g/mol. The van der Waals surface area contributed by atoms with Crippen LogP contribution in [0.25, 0.3) is 0 Å². The number of aryl methyl sites for hydroxylation is 1. The Morgan fingerprint density at radius 3 is 2.70 bits per heavy atom. The number of hydrogen-bond donors (Lipinski definition) is 2. The van der Waals surface area contributed by atoms with Gasteiger partial charge in [-0.15, -0.1) is 0 Å². The molecule has 1 aromatic heterocycles. The van der Waals surface area contributed by atoms with Gasteiger partial charge in [0.15, 0.2) is 0 Å². The number of nitrogens with one attached hydrogen (secondary N) is 1. The van der Waals surface area contributed by atoms with Crippen LogP contribution in [0, 0.1) is 12.7 Å². The number of hydrogen-bond acceptors (Lipinski definition) is 3. The Morgan fingerprint density at radius 1 is 1.35 bits per heavy atom. The van der Waals surface area contributed by atoms with E-state index in [1.54, 1.807) is 32.0 Å². The quantitative estimate of drug-likeness (QED) is 0.897. The Bertz CT molecular complexity index is 644. The Morgan fingerprint density at radius 2 is 2.05 bits per heavy atom. The molecule has 2 N–H and O–H groups in total. The first-order chi connectivity index (χ1) is 9.47. The van der Waals surface area contributed by atoms with Crippen molar-refractivity contribution in [3.63, 3.8) is 0 Å². The van der Waals surface area contributed by atoms with Crippen LogP contribution in [-0.2, 0) is 0 Å². The number of pyridine rings is 1. The summed E-state index contributed by atoms with van der Waals surface area (Å²) in [4.78, 5) is 15.2. The molecule has 2 rings (SSSR count). The minimum atomic E-state index is -1.02. The van der Waals surface area contributed by atoms with E-state index in [2.05, 4.69) is 10.3 Å². The van der Waals surface area contributed by atoms with Crippen LogP contribution in [0.2, 0.25) is 0 Å². The molecule has 0 spiro atoms. The van der Waals surface area contributed by atoms with Crippen molar-refractivity contribution >= 4 is 11.8 Å². The third kappa shape index (κ3) is 3.12. The van der Waals surface area contributed by atoms with Crippen molar-refractivity contribution < 1.29 is 14.3 Å². The zero-order valence-corrected chi connectivity index (χ0v) is 11.2. The number of anilines is 1. The maximum atomic E-state index is 13.7. The summed E-state index contributed by atoms with van der Waals surface area (Å²) in [7, 11) is 0. The van der Waals surface area contributed by atoms with Gasteiger partial charge in [-0.1, -0.05) is 18.2 Å². The van der Waals surface area contributed by atoms with Crippen molar-refractivity contribution in [3.8, 4) is 0 Å². The molecule has 0 bridgehead atoms. The van der Waals surface area contributed by atoms with Gasteiger partial charge in [0.1, 0.15) is 11.6 Å². The summed E-state index contributed by atoms with van der Waals surface area (Å²) in [5.74, 6) is -0.908. The van der Waals surface area contributed by atoms with Crippen LogP contribution in [0.4, 0.5) is 10.2 Å². The van der Waals surface area contributed by atoms with E-state index in [0.29, 0.717) is 17.1 Å². The fourth-order valence-electron chi connectivity index (χ4n) is 1.99. The first kappa shape index (κ1) is 14.0. The molecule has 0 radical (unpaired) electrons. The Hall–Kier alpha value is -2.43. The molecule has 0 aliphatic carbocycles. The van der Waals surface area contributed by atoms with Crippen LogP contribution in [0.3, 0.4) is 0 Å². The van der Waals surface area contributed by atoms with Crippen LogP contribution in [0.5, 0.6) is 0 Å². The molecular weight excluding hydrogens is 259 g/mol. The van der Waals surface area contributed by atoms with E-state index in [1.165, 1.54) is 18.2 Å². The largest absolute Gasteiger partial charge is 0.478 e. The van der Waals surface area contributed by atoms with Crippen LogP contribution < -0.4 is 5.32 Å². The van der Waals surface area contributed by atoms with Crippen molar-refractivity contribution in [1.29, 1.82) is 0 Å². The van der Waals surface area contributed by atoms with Gasteiger partial charge in [0.05, 0.1) is 11.6 Å². The maximum absolute atomic E-state index is 13.7. The zero-order valence-electron chi connectivity index (χ0n) is 11.2. The lowest BCUT2D eigenvalue weighted by Crippen LogP contribution is -2.11.